The summed E-state index contributed by atoms with van der Waals surface area (Å²) in [5.74, 6) is 1.000. The van der Waals surface area contributed by atoms with Crippen LogP contribution in [0.3, 0.4) is 0 Å². The van der Waals surface area contributed by atoms with Gasteiger partial charge in [0.2, 0.25) is 5.91 Å². The molecule has 1 aromatic heterocycles. The molecule has 1 aliphatic heterocycles. The van der Waals surface area contributed by atoms with Crippen molar-refractivity contribution in [2.24, 2.45) is 0 Å². The fourth-order valence-corrected chi connectivity index (χ4v) is 6.94. The second-order valence-electron chi connectivity index (χ2n) is 13.7. The number of nitrogens with one attached hydrogen (secondary N) is 1. The lowest BCUT2D eigenvalue weighted by atomic mass is 9.80. The molecule has 1 amide bonds. The van der Waals surface area contributed by atoms with Crippen LogP contribution in [0.4, 0.5) is 5.82 Å². The van der Waals surface area contributed by atoms with Crippen LogP contribution in [0.15, 0.2) is 95.9 Å². The van der Waals surface area contributed by atoms with Gasteiger partial charge in [-0.05, 0) is 65.2 Å². The fraction of sp³-hybridized carbons (Fsp3) is 0.395. The zero-order chi connectivity index (χ0) is 37.2. The van der Waals surface area contributed by atoms with Gasteiger partial charge in [-0.3, -0.25) is 9.36 Å². The summed E-state index contributed by atoms with van der Waals surface area (Å²) in [4.78, 5) is 29.0. The molecule has 2 N–H and O–H groups in total. The van der Waals surface area contributed by atoms with Gasteiger partial charge in [-0.15, -0.1) is 0 Å². The molecule has 2 heterocycles. The van der Waals surface area contributed by atoms with Crippen LogP contribution < -0.4 is 20.5 Å². The molecule has 50 heavy (non-hydrogen) atoms. The molecule has 1 saturated heterocycles. The van der Waals surface area contributed by atoms with Gasteiger partial charge in [-0.2, -0.15) is 4.98 Å². The molecule has 3 aromatic carbocycles. The Morgan fingerprint density at radius 3 is 1.96 bits per heavy atom. The van der Waals surface area contributed by atoms with Crippen molar-refractivity contribution in [1.82, 2.24) is 9.55 Å². The molecule has 1 aliphatic rings. The number of hydrogen-bond donors (Lipinski definition) is 2. The molecule has 0 aliphatic carbocycles. The number of aromatic nitrogens is 2. The van der Waals surface area contributed by atoms with E-state index in [1.807, 2.05) is 113 Å². The summed E-state index contributed by atoms with van der Waals surface area (Å²) < 4.78 is 41.7. The van der Waals surface area contributed by atoms with Crippen LogP contribution in [0.5, 0.6) is 11.5 Å². The quantitative estimate of drug-likeness (QED) is 0.137. The number of rotatable bonds is 12. The smallest absolute Gasteiger partial charge is 0.351 e. The Kier molecular flexibility index (Phi) is 10.6. The lowest BCUT2D eigenvalue weighted by Crippen LogP contribution is -2.49. The first-order valence-electron chi connectivity index (χ1n) is 16.9. The molecule has 0 unspecified atom stereocenters. The first kappa shape index (κ1) is 35.5. The summed E-state index contributed by atoms with van der Waals surface area (Å²) in [6.07, 6.45) is -4.80. The highest BCUT2D eigenvalue weighted by molar-refractivity contribution is 6.74. The van der Waals surface area contributed by atoms with Gasteiger partial charge in [0.05, 0.1) is 22.2 Å². The summed E-state index contributed by atoms with van der Waals surface area (Å²) in [7, 11) is 0.526. The Bertz CT molecular complexity index is 1810. The number of ether oxygens (including phenoxy) is 4. The molecule has 4 atom stereocenters. The standard InChI is InChI=1S/C38H47N3O8Si/c1-25(42)39-32-22-23-41(36(44)40-32)35-34(49-50(7,8)37(2,3)4)33(43)31(48-35)24-47-38(26-12-10-9-11-13-26,27-14-18-29(45-5)19-15-27)28-16-20-30(46-6)21-17-28/h9-23,31,33-35,43H,24H2,1-8H3,(H,39,40,42,44)/t31-,33-,34-,35-/m1/s1/i33D. The summed E-state index contributed by atoms with van der Waals surface area (Å²) in [5.41, 5.74) is 0.288. The van der Waals surface area contributed by atoms with Gasteiger partial charge in [0.15, 0.2) is 14.5 Å². The zero-order valence-corrected chi connectivity index (χ0v) is 30.8. The Labute approximate surface area is 295 Å². The highest BCUT2D eigenvalue weighted by Gasteiger charge is 2.51. The van der Waals surface area contributed by atoms with E-state index in [1.54, 1.807) is 14.2 Å². The topological polar surface area (TPSA) is 130 Å². The largest absolute Gasteiger partial charge is 0.497 e. The number of benzene rings is 3. The minimum absolute atomic E-state index is 0.0660. The van der Waals surface area contributed by atoms with E-state index in [1.165, 1.54) is 23.8 Å². The van der Waals surface area contributed by atoms with Gasteiger partial charge in [0, 0.05) is 13.1 Å². The third-order valence-electron chi connectivity index (χ3n) is 9.44. The Balaban J connectivity index is 1.62. The van der Waals surface area contributed by atoms with Gasteiger partial charge in [-0.25, -0.2) is 4.79 Å². The highest BCUT2D eigenvalue weighted by Crippen LogP contribution is 2.45. The molecule has 0 spiro atoms. The van der Waals surface area contributed by atoms with Crippen LogP contribution in [0.25, 0.3) is 0 Å². The monoisotopic (exact) mass is 702 g/mol. The van der Waals surface area contributed by atoms with E-state index in [0.717, 1.165) is 16.7 Å². The van der Waals surface area contributed by atoms with Crippen molar-refractivity contribution < 1.29 is 34.6 Å². The number of aliphatic hydroxyl groups is 1. The molecule has 12 heteroatoms. The van der Waals surface area contributed by atoms with E-state index in [4.69, 9.17) is 23.4 Å². The van der Waals surface area contributed by atoms with E-state index in [-0.39, 0.29) is 23.4 Å². The first-order chi connectivity index (χ1) is 24.0. The molecule has 0 bridgehead atoms. The number of amides is 1. The Morgan fingerprint density at radius 2 is 1.48 bits per heavy atom. The molecule has 0 radical (unpaired) electrons. The Morgan fingerprint density at radius 1 is 0.940 bits per heavy atom. The van der Waals surface area contributed by atoms with E-state index < -0.39 is 44.1 Å². The van der Waals surface area contributed by atoms with Crippen molar-refractivity contribution in [3.63, 3.8) is 0 Å². The van der Waals surface area contributed by atoms with Crippen LogP contribution in [-0.2, 0) is 24.3 Å². The maximum Gasteiger partial charge on any atom is 0.351 e. The van der Waals surface area contributed by atoms with E-state index in [2.05, 4.69) is 10.3 Å². The van der Waals surface area contributed by atoms with Crippen molar-refractivity contribution in [2.75, 3.05) is 26.1 Å². The first-order valence-corrected chi connectivity index (χ1v) is 19.4. The lowest BCUT2D eigenvalue weighted by molar-refractivity contribution is -0.114. The van der Waals surface area contributed by atoms with Crippen molar-refractivity contribution in [2.45, 2.75) is 75.9 Å². The second kappa shape index (κ2) is 14.9. The summed E-state index contributed by atoms with van der Waals surface area (Å²) in [6, 6.07) is 26.1. The second-order valence-corrected chi connectivity index (χ2v) is 18.5. The summed E-state index contributed by atoms with van der Waals surface area (Å²) in [6.45, 7) is 11.2. The van der Waals surface area contributed by atoms with Gasteiger partial charge >= 0.3 is 5.69 Å². The average Bonchev–Trinajstić information content (AvgIpc) is 3.33. The van der Waals surface area contributed by atoms with E-state index in [0.29, 0.717) is 11.5 Å². The number of methoxy groups -OCH3 is 2. The number of carbonyl (C=O) groups excluding carboxylic acids is 1. The molecule has 4 aromatic rings. The third-order valence-corrected chi connectivity index (χ3v) is 13.9. The Hall–Kier alpha value is -4.33. The van der Waals surface area contributed by atoms with Gasteiger partial charge < -0.3 is 33.8 Å². The number of nitrogens with zero attached hydrogens (tertiary/aromatic N) is 2. The van der Waals surface area contributed by atoms with Gasteiger partial charge in [0.25, 0.3) is 0 Å². The van der Waals surface area contributed by atoms with Crippen LogP contribution in [0.2, 0.25) is 18.1 Å². The van der Waals surface area contributed by atoms with Crippen molar-refractivity contribution in [1.29, 1.82) is 0 Å². The minimum Gasteiger partial charge on any atom is -0.497 e. The summed E-state index contributed by atoms with van der Waals surface area (Å²) >= 11 is 0. The van der Waals surface area contributed by atoms with Crippen LogP contribution >= 0.6 is 0 Å². The highest BCUT2D eigenvalue weighted by atomic mass is 28.4. The van der Waals surface area contributed by atoms with Gasteiger partial charge in [-0.1, -0.05) is 75.4 Å². The zero-order valence-electron chi connectivity index (χ0n) is 30.8. The van der Waals surface area contributed by atoms with Crippen LogP contribution in [0, 0.1) is 0 Å². The molecule has 0 saturated carbocycles. The maximum atomic E-state index is 13.4. The number of carbonyl (C=O) groups is 1. The number of hydrogen-bond acceptors (Lipinski definition) is 9. The van der Waals surface area contributed by atoms with Crippen molar-refractivity contribution >= 4 is 20.0 Å². The van der Waals surface area contributed by atoms with E-state index >= 15 is 0 Å². The third kappa shape index (κ3) is 7.54. The molecular formula is C38H47N3O8Si. The molecule has 266 valence electrons. The predicted molar refractivity (Wildman–Crippen MR) is 193 cm³/mol. The fourth-order valence-electron chi connectivity index (χ4n) is 5.72. The molecule has 11 nitrogen and oxygen atoms in total. The molecular weight excluding hydrogens is 655 g/mol. The predicted octanol–water partition coefficient (Wildman–Crippen LogP) is 5.88. The number of anilines is 1. The van der Waals surface area contributed by atoms with Crippen molar-refractivity contribution in [3.8, 4) is 11.5 Å². The lowest BCUT2D eigenvalue weighted by Gasteiger charge is -2.40. The summed E-state index contributed by atoms with van der Waals surface area (Å²) in [5, 5.41) is 14.3. The maximum absolute atomic E-state index is 13.4. The van der Waals surface area contributed by atoms with E-state index in [9.17, 15) is 16.1 Å². The minimum atomic E-state index is -2.67. The van der Waals surface area contributed by atoms with Gasteiger partial charge in [0.1, 0.15) is 41.2 Å². The molecule has 1 fully saturated rings. The SMILES string of the molecule is [2H][C@@]1(O)[C@@H](COC(c2ccccc2)(c2ccc(OC)cc2)c2ccc(OC)cc2)O[C@@H](n2ccc(NC(C)=O)nc2=O)[C@@H]1O[Si](C)(C)C(C)(C)C. The van der Waals surface area contributed by atoms with Crippen molar-refractivity contribution in [3.05, 3.63) is 118 Å². The average molecular weight is 703 g/mol. The van der Waals surface area contributed by atoms with Crippen LogP contribution in [-0.4, -0.2) is 68.0 Å². The molecule has 5 rings (SSSR count). The van der Waals surface area contributed by atoms with Crippen LogP contribution in [0.1, 0.15) is 52.0 Å². The normalized spacial score (nSPS) is 21.4.